The van der Waals surface area contributed by atoms with Gasteiger partial charge in [-0.25, -0.2) is 4.79 Å². The normalized spacial score (nSPS) is 18.8. The Balaban J connectivity index is 2.23. The Hall–Kier alpha value is -1.38. The number of urea groups is 1. The summed E-state index contributed by atoms with van der Waals surface area (Å²) in [5, 5.41) is 11.6. The Morgan fingerprint density at radius 3 is 2.90 bits per heavy atom. The molecule has 8 heteroatoms. The predicted octanol–water partition coefficient (Wildman–Crippen LogP) is -0.550. The van der Waals surface area contributed by atoms with Gasteiger partial charge in [0, 0.05) is 39.8 Å². The number of ether oxygens (including phenoxy) is 2. The minimum atomic E-state index is -0.915. The van der Waals surface area contributed by atoms with Crippen LogP contribution in [0.5, 0.6) is 0 Å². The molecule has 1 aliphatic rings. The number of carboxylic acids is 1. The summed E-state index contributed by atoms with van der Waals surface area (Å²) in [7, 11) is 3.62. The average Bonchev–Trinajstić information content (AvgIpc) is 2.44. The molecular weight excluding hydrogens is 278 g/mol. The van der Waals surface area contributed by atoms with E-state index in [4.69, 9.17) is 14.6 Å². The second-order valence-electron chi connectivity index (χ2n) is 5.06. The molecule has 8 nitrogen and oxygen atoms in total. The van der Waals surface area contributed by atoms with Crippen molar-refractivity contribution in [3.63, 3.8) is 0 Å². The standard InChI is InChI=1S/C13H25N3O5/c1-15(5-7-20-2)4-3-14-13(19)16-6-8-21-11(10-16)9-12(17)18/h11H,3-10H2,1-2H3,(H,14,19)(H,17,18). The zero-order chi connectivity index (χ0) is 15.7. The number of nitrogens with zero attached hydrogens (tertiary/aromatic N) is 2. The van der Waals surface area contributed by atoms with Crippen LogP contribution in [0.2, 0.25) is 0 Å². The molecule has 2 N–H and O–H groups in total. The molecule has 0 radical (unpaired) electrons. The molecule has 0 spiro atoms. The molecular formula is C13H25N3O5. The number of hydrogen-bond donors (Lipinski definition) is 2. The third-order valence-electron chi connectivity index (χ3n) is 3.28. The number of carbonyl (C=O) groups excluding carboxylic acids is 1. The third kappa shape index (κ3) is 7.26. The summed E-state index contributed by atoms with van der Waals surface area (Å²) in [4.78, 5) is 26.3. The van der Waals surface area contributed by atoms with Crippen molar-refractivity contribution >= 4 is 12.0 Å². The lowest BCUT2D eigenvalue weighted by molar-refractivity contribution is -0.141. The van der Waals surface area contributed by atoms with Gasteiger partial charge in [-0.2, -0.15) is 0 Å². The fourth-order valence-corrected chi connectivity index (χ4v) is 2.05. The summed E-state index contributed by atoms with van der Waals surface area (Å²) < 4.78 is 10.3. The maximum Gasteiger partial charge on any atom is 0.317 e. The molecule has 0 saturated carbocycles. The van der Waals surface area contributed by atoms with Crippen LogP contribution < -0.4 is 5.32 Å². The number of rotatable bonds is 8. The lowest BCUT2D eigenvalue weighted by Crippen LogP contribution is -2.51. The smallest absolute Gasteiger partial charge is 0.317 e. The molecule has 21 heavy (non-hydrogen) atoms. The summed E-state index contributed by atoms with van der Waals surface area (Å²) in [5.74, 6) is -0.915. The van der Waals surface area contributed by atoms with Gasteiger partial charge in [-0.1, -0.05) is 0 Å². The number of amides is 2. The van der Waals surface area contributed by atoms with Gasteiger partial charge in [0.15, 0.2) is 0 Å². The van der Waals surface area contributed by atoms with Crippen molar-refractivity contribution < 1.29 is 24.2 Å². The fraction of sp³-hybridized carbons (Fsp3) is 0.846. The summed E-state index contributed by atoms with van der Waals surface area (Å²) in [5.41, 5.74) is 0. The number of methoxy groups -OCH3 is 1. The molecule has 2 amide bonds. The highest BCUT2D eigenvalue weighted by molar-refractivity contribution is 5.74. The first-order chi connectivity index (χ1) is 10.0. The number of nitrogens with one attached hydrogen (secondary N) is 1. The minimum absolute atomic E-state index is 0.0798. The van der Waals surface area contributed by atoms with E-state index in [9.17, 15) is 9.59 Å². The van der Waals surface area contributed by atoms with Gasteiger partial charge in [0.1, 0.15) is 0 Å². The molecule has 1 aliphatic heterocycles. The first-order valence-electron chi connectivity index (χ1n) is 7.06. The van der Waals surface area contributed by atoms with Crippen LogP contribution in [0.3, 0.4) is 0 Å². The van der Waals surface area contributed by atoms with Gasteiger partial charge >= 0.3 is 12.0 Å². The second kappa shape index (κ2) is 9.54. The zero-order valence-corrected chi connectivity index (χ0v) is 12.7. The van der Waals surface area contributed by atoms with Crippen LogP contribution in [0, 0.1) is 0 Å². The molecule has 0 aromatic rings. The Bertz CT molecular complexity index is 340. The Kier molecular flexibility index (Phi) is 8.03. The van der Waals surface area contributed by atoms with Crippen LogP contribution in [-0.4, -0.2) is 93.1 Å². The number of morpholine rings is 1. The van der Waals surface area contributed by atoms with Crippen LogP contribution in [0.1, 0.15) is 6.42 Å². The van der Waals surface area contributed by atoms with Crippen molar-refractivity contribution in [2.24, 2.45) is 0 Å². The molecule has 1 atom stereocenters. The number of carbonyl (C=O) groups is 2. The molecule has 0 aromatic heterocycles. The lowest BCUT2D eigenvalue weighted by Gasteiger charge is -2.32. The maximum absolute atomic E-state index is 12.0. The summed E-state index contributed by atoms with van der Waals surface area (Å²) in [6, 6.07) is -0.172. The van der Waals surface area contributed by atoms with Gasteiger partial charge in [0.25, 0.3) is 0 Å². The topological polar surface area (TPSA) is 91.3 Å². The van der Waals surface area contributed by atoms with Gasteiger partial charge in [-0.15, -0.1) is 0 Å². The molecule has 1 heterocycles. The van der Waals surface area contributed by atoms with E-state index in [0.717, 1.165) is 13.1 Å². The van der Waals surface area contributed by atoms with Gasteiger partial charge in [-0.3, -0.25) is 4.79 Å². The average molecular weight is 303 g/mol. The van der Waals surface area contributed by atoms with E-state index in [-0.39, 0.29) is 12.5 Å². The van der Waals surface area contributed by atoms with Gasteiger partial charge < -0.3 is 29.7 Å². The van der Waals surface area contributed by atoms with E-state index in [1.165, 1.54) is 0 Å². The van der Waals surface area contributed by atoms with E-state index in [1.807, 2.05) is 7.05 Å². The molecule has 1 unspecified atom stereocenters. The van der Waals surface area contributed by atoms with Crippen molar-refractivity contribution in [3.05, 3.63) is 0 Å². The van der Waals surface area contributed by atoms with Gasteiger partial charge in [-0.05, 0) is 7.05 Å². The highest BCUT2D eigenvalue weighted by Crippen LogP contribution is 2.08. The van der Waals surface area contributed by atoms with E-state index in [0.29, 0.717) is 32.8 Å². The second-order valence-corrected chi connectivity index (χ2v) is 5.06. The SMILES string of the molecule is COCCN(C)CCNC(=O)N1CCOC(CC(=O)O)C1. The quantitative estimate of drug-likeness (QED) is 0.625. The van der Waals surface area contributed by atoms with Crippen LogP contribution in [0.15, 0.2) is 0 Å². The third-order valence-corrected chi connectivity index (χ3v) is 3.28. The molecule has 0 aliphatic carbocycles. The van der Waals surface area contributed by atoms with Gasteiger partial charge in [0.05, 0.1) is 25.7 Å². The highest BCUT2D eigenvalue weighted by atomic mass is 16.5. The summed E-state index contributed by atoms with van der Waals surface area (Å²) >= 11 is 0. The van der Waals surface area contributed by atoms with Crippen molar-refractivity contribution in [2.45, 2.75) is 12.5 Å². The first kappa shape index (κ1) is 17.7. The Morgan fingerprint density at radius 2 is 2.24 bits per heavy atom. The lowest BCUT2D eigenvalue weighted by atomic mass is 10.2. The number of hydrogen-bond acceptors (Lipinski definition) is 5. The van der Waals surface area contributed by atoms with Crippen molar-refractivity contribution in [2.75, 3.05) is 60.1 Å². The van der Waals surface area contributed by atoms with E-state index < -0.39 is 12.1 Å². The van der Waals surface area contributed by atoms with Crippen LogP contribution >= 0.6 is 0 Å². The number of carboxylic acid groups (broad SMARTS) is 1. The van der Waals surface area contributed by atoms with E-state index >= 15 is 0 Å². The zero-order valence-electron chi connectivity index (χ0n) is 12.7. The molecule has 122 valence electrons. The highest BCUT2D eigenvalue weighted by Gasteiger charge is 2.25. The first-order valence-corrected chi connectivity index (χ1v) is 7.06. The van der Waals surface area contributed by atoms with E-state index in [1.54, 1.807) is 12.0 Å². The largest absolute Gasteiger partial charge is 0.481 e. The maximum atomic E-state index is 12.0. The molecule has 1 rings (SSSR count). The fourth-order valence-electron chi connectivity index (χ4n) is 2.05. The van der Waals surface area contributed by atoms with Crippen LogP contribution in [0.25, 0.3) is 0 Å². The van der Waals surface area contributed by atoms with Crippen molar-refractivity contribution in [1.82, 2.24) is 15.1 Å². The van der Waals surface area contributed by atoms with Crippen molar-refractivity contribution in [3.8, 4) is 0 Å². The number of aliphatic carboxylic acids is 1. The molecule has 0 aromatic carbocycles. The van der Waals surface area contributed by atoms with Crippen LogP contribution in [-0.2, 0) is 14.3 Å². The monoisotopic (exact) mass is 303 g/mol. The van der Waals surface area contributed by atoms with Crippen molar-refractivity contribution in [1.29, 1.82) is 0 Å². The number of likely N-dealkylation sites (N-methyl/N-ethyl adjacent to an activating group) is 1. The molecule has 0 bridgehead atoms. The molecule has 1 fully saturated rings. The Labute approximate surface area is 125 Å². The van der Waals surface area contributed by atoms with Crippen LogP contribution in [0.4, 0.5) is 4.79 Å². The van der Waals surface area contributed by atoms with Gasteiger partial charge in [0.2, 0.25) is 0 Å². The van der Waals surface area contributed by atoms with E-state index in [2.05, 4.69) is 10.2 Å². The Morgan fingerprint density at radius 1 is 1.48 bits per heavy atom. The predicted molar refractivity (Wildman–Crippen MR) is 76.3 cm³/mol. The summed E-state index contributed by atoms with van der Waals surface area (Å²) in [6.45, 7) is 3.92. The summed E-state index contributed by atoms with van der Waals surface area (Å²) in [6.07, 6.45) is -0.504. The minimum Gasteiger partial charge on any atom is -0.481 e. The molecule has 1 saturated heterocycles.